The normalized spacial score (nSPS) is 20.3. The van der Waals surface area contributed by atoms with Gasteiger partial charge in [0.1, 0.15) is 0 Å². The molecule has 0 amide bonds. The average molecular weight is 501 g/mol. The average Bonchev–Trinajstić information content (AvgIpc) is 3.22. The van der Waals surface area contributed by atoms with E-state index in [-0.39, 0.29) is 0 Å². The molecule has 2 bridgehead atoms. The van der Waals surface area contributed by atoms with E-state index in [1.54, 1.807) is 12.1 Å². The molecular weight excluding hydrogens is 468 g/mol. The predicted octanol–water partition coefficient (Wildman–Crippen LogP) is 4.56. The summed E-state index contributed by atoms with van der Waals surface area (Å²) in [6.45, 7) is 5.33. The number of nitrogens with one attached hydrogen (secondary N) is 1. The summed E-state index contributed by atoms with van der Waals surface area (Å²) in [7, 11) is -1.16. The fourth-order valence-electron chi connectivity index (χ4n) is 5.79. The third kappa shape index (κ3) is 4.25. The number of nitrogens with zero attached hydrogens (tertiary/aromatic N) is 3. The summed E-state index contributed by atoms with van der Waals surface area (Å²) < 4.78 is 25.8. The first kappa shape index (κ1) is 23.4. The largest absolute Gasteiger partial charge is 0.344 e. The van der Waals surface area contributed by atoms with Crippen molar-refractivity contribution in [3.8, 4) is 22.5 Å². The van der Waals surface area contributed by atoms with Gasteiger partial charge in [0.25, 0.3) is 0 Å². The lowest BCUT2D eigenvalue weighted by atomic mass is 9.92. The number of aromatic nitrogens is 2. The summed E-state index contributed by atoms with van der Waals surface area (Å²) in [5.41, 5.74) is 7.54. The number of rotatable bonds is 5. The first-order chi connectivity index (χ1) is 17.3. The minimum Gasteiger partial charge on any atom is -0.344 e. The molecule has 3 fully saturated rings. The van der Waals surface area contributed by atoms with Crippen molar-refractivity contribution in [1.29, 1.82) is 0 Å². The highest BCUT2D eigenvalue weighted by molar-refractivity contribution is 7.90. The van der Waals surface area contributed by atoms with E-state index in [4.69, 9.17) is 4.98 Å². The van der Waals surface area contributed by atoms with Crippen molar-refractivity contribution in [2.75, 3.05) is 19.3 Å². The molecule has 5 heterocycles. The monoisotopic (exact) mass is 500 g/mol. The molecule has 3 aliphatic heterocycles. The van der Waals surface area contributed by atoms with Gasteiger partial charge in [-0.05, 0) is 55.2 Å². The van der Waals surface area contributed by atoms with Crippen molar-refractivity contribution in [2.45, 2.75) is 43.3 Å². The molecule has 7 heteroatoms. The van der Waals surface area contributed by atoms with Gasteiger partial charge in [0.05, 0.1) is 16.1 Å². The van der Waals surface area contributed by atoms with Gasteiger partial charge in [-0.25, -0.2) is 8.42 Å². The van der Waals surface area contributed by atoms with Crippen LogP contribution < -0.4 is 5.32 Å². The van der Waals surface area contributed by atoms with Crippen LogP contribution in [0.15, 0.2) is 65.6 Å². The van der Waals surface area contributed by atoms with Crippen LogP contribution in [0, 0.1) is 6.92 Å². The van der Waals surface area contributed by atoms with Gasteiger partial charge in [-0.1, -0.05) is 36.4 Å². The van der Waals surface area contributed by atoms with Crippen LogP contribution in [-0.4, -0.2) is 54.3 Å². The van der Waals surface area contributed by atoms with Gasteiger partial charge in [-0.15, -0.1) is 0 Å². The topological polar surface area (TPSA) is 67.2 Å². The van der Waals surface area contributed by atoms with E-state index in [2.05, 4.69) is 65.2 Å². The molecule has 36 heavy (non-hydrogen) atoms. The highest BCUT2D eigenvalue weighted by atomic mass is 32.2. The second kappa shape index (κ2) is 8.83. The molecule has 2 aromatic heterocycles. The smallest absolute Gasteiger partial charge is 0.175 e. The number of hydrogen-bond donors (Lipinski definition) is 1. The maximum absolute atomic E-state index is 11.8. The van der Waals surface area contributed by atoms with E-state index < -0.39 is 9.84 Å². The third-order valence-electron chi connectivity index (χ3n) is 7.91. The van der Waals surface area contributed by atoms with Crippen LogP contribution in [0.1, 0.15) is 24.1 Å². The summed E-state index contributed by atoms with van der Waals surface area (Å²) in [5, 5.41) is 4.74. The van der Waals surface area contributed by atoms with E-state index in [0.717, 1.165) is 58.7 Å². The number of piperidine rings is 2. The van der Waals surface area contributed by atoms with Gasteiger partial charge in [0.15, 0.2) is 9.84 Å². The number of benzene rings is 2. The number of pyridine rings is 1. The van der Waals surface area contributed by atoms with Crippen molar-refractivity contribution in [1.82, 2.24) is 19.8 Å². The predicted molar refractivity (Wildman–Crippen MR) is 145 cm³/mol. The third-order valence-corrected chi connectivity index (χ3v) is 9.03. The van der Waals surface area contributed by atoms with E-state index in [0.29, 0.717) is 17.0 Å². The van der Waals surface area contributed by atoms with Crippen molar-refractivity contribution in [3.05, 3.63) is 71.9 Å². The second-order valence-corrected chi connectivity index (χ2v) is 12.4. The molecule has 0 aliphatic carbocycles. The highest BCUT2D eigenvalue weighted by Gasteiger charge is 2.33. The fraction of sp³-hybridized carbons (Fsp3) is 0.345. The minimum atomic E-state index is -3.22. The summed E-state index contributed by atoms with van der Waals surface area (Å²) in [6.07, 6.45) is 3.84. The number of sulfone groups is 1. The van der Waals surface area contributed by atoms with Crippen LogP contribution >= 0.6 is 0 Å². The Morgan fingerprint density at radius 1 is 1.00 bits per heavy atom. The Bertz CT molecular complexity index is 1530. The molecule has 3 saturated heterocycles. The molecule has 186 valence electrons. The standard InChI is InChI=1S/C29H32N4O2S/c1-19-26-14-28(22-8-12-25(13-9-22)36(3,34)35)32(2)29(26)15-27(31-19)21-6-4-20(5-7-21)17-33-18-23-10-11-24(33)16-30-23/h4-9,12-15,23-24,30H,10-11,16-18H2,1-3H3/t23?,24-/m1/s1. The molecule has 0 spiro atoms. The van der Waals surface area contributed by atoms with Gasteiger partial charge in [-0.3, -0.25) is 9.88 Å². The first-order valence-corrected chi connectivity index (χ1v) is 14.5. The van der Waals surface area contributed by atoms with Gasteiger partial charge < -0.3 is 9.88 Å². The van der Waals surface area contributed by atoms with Crippen LogP contribution in [0.4, 0.5) is 0 Å². The van der Waals surface area contributed by atoms with Crippen molar-refractivity contribution >= 4 is 20.7 Å². The molecule has 4 aromatic rings. The second-order valence-electron chi connectivity index (χ2n) is 10.4. The molecular formula is C29H32N4O2S. The van der Waals surface area contributed by atoms with E-state index >= 15 is 0 Å². The molecule has 1 unspecified atom stereocenters. The Kier molecular flexibility index (Phi) is 5.74. The summed E-state index contributed by atoms with van der Waals surface area (Å²) in [6, 6.07) is 21.6. The van der Waals surface area contributed by atoms with Gasteiger partial charge in [0, 0.05) is 67.4 Å². The minimum absolute atomic E-state index is 0.332. The molecule has 1 N–H and O–H groups in total. The first-order valence-electron chi connectivity index (χ1n) is 12.6. The van der Waals surface area contributed by atoms with Crippen LogP contribution in [-0.2, 0) is 23.4 Å². The summed E-state index contributed by atoms with van der Waals surface area (Å²) in [5.74, 6) is 0. The van der Waals surface area contributed by atoms with Crippen LogP contribution in [0.2, 0.25) is 0 Å². The SMILES string of the molecule is Cc1nc(-c2ccc(CN3CC4CC[C@@H]3CN4)cc2)cc2c1cc(-c1ccc(S(C)(=O)=O)cc1)n2C. The highest BCUT2D eigenvalue weighted by Crippen LogP contribution is 2.32. The molecule has 6 nitrogen and oxygen atoms in total. The van der Waals surface area contributed by atoms with Crippen LogP contribution in [0.3, 0.4) is 0 Å². The molecule has 3 aliphatic rings. The molecule has 7 rings (SSSR count). The lowest BCUT2D eigenvalue weighted by molar-refractivity contribution is 0.0685. The summed E-state index contributed by atoms with van der Waals surface area (Å²) in [4.78, 5) is 7.89. The van der Waals surface area contributed by atoms with Gasteiger partial charge >= 0.3 is 0 Å². The Morgan fingerprint density at radius 2 is 1.72 bits per heavy atom. The maximum Gasteiger partial charge on any atom is 0.175 e. The number of piperazine rings is 1. The molecule has 0 radical (unpaired) electrons. The van der Waals surface area contributed by atoms with Gasteiger partial charge in [0.2, 0.25) is 0 Å². The Labute approximate surface area is 212 Å². The molecule has 0 saturated carbocycles. The quantitative estimate of drug-likeness (QED) is 0.435. The zero-order chi connectivity index (χ0) is 25.0. The number of aryl methyl sites for hydroxylation is 2. The lowest BCUT2D eigenvalue weighted by Crippen LogP contribution is -2.60. The summed E-state index contributed by atoms with van der Waals surface area (Å²) >= 11 is 0. The van der Waals surface area contributed by atoms with Crippen LogP contribution in [0.5, 0.6) is 0 Å². The van der Waals surface area contributed by atoms with E-state index in [1.165, 1.54) is 24.7 Å². The molecule has 2 aromatic carbocycles. The van der Waals surface area contributed by atoms with Gasteiger partial charge in [-0.2, -0.15) is 0 Å². The number of fused-ring (bicyclic) bond motifs is 4. The van der Waals surface area contributed by atoms with Crippen LogP contribution in [0.25, 0.3) is 33.4 Å². The Morgan fingerprint density at radius 3 is 2.33 bits per heavy atom. The van der Waals surface area contributed by atoms with Crippen molar-refractivity contribution in [3.63, 3.8) is 0 Å². The molecule has 2 atom stereocenters. The Hall–Kier alpha value is -3.00. The zero-order valence-electron chi connectivity index (χ0n) is 21.0. The zero-order valence-corrected chi connectivity index (χ0v) is 21.8. The van der Waals surface area contributed by atoms with E-state index in [9.17, 15) is 8.42 Å². The Balaban J connectivity index is 1.28. The maximum atomic E-state index is 11.8. The number of hydrogen-bond acceptors (Lipinski definition) is 5. The lowest BCUT2D eigenvalue weighted by Gasteiger charge is -2.46. The van der Waals surface area contributed by atoms with Crippen molar-refractivity contribution in [2.24, 2.45) is 7.05 Å². The van der Waals surface area contributed by atoms with E-state index in [1.807, 2.05) is 12.1 Å². The van der Waals surface area contributed by atoms with Crippen molar-refractivity contribution < 1.29 is 8.42 Å². The fourth-order valence-corrected chi connectivity index (χ4v) is 6.42.